The fourth-order valence-electron chi connectivity index (χ4n) is 1.10. The minimum absolute atomic E-state index is 0.157. The fourth-order valence-corrected chi connectivity index (χ4v) is 1.83. The Bertz CT molecular complexity index is 452. The molecule has 5 nitrogen and oxygen atoms in total. The molecule has 0 aliphatic heterocycles. The molecule has 2 heterocycles. The Morgan fingerprint density at radius 2 is 2.33 bits per heavy atom. The van der Waals surface area contributed by atoms with Crippen LogP contribution in [-0.4, -0.2) is 22.2 Å². The van der Waals surface area contributed by atoms with Gasteiger partial charge in [-0.3, -0.25) is 0 Å². The molecule has 0 aromatic carbocycles. The van der Waals surface area contributed by atoms with Crippen molar-refractivity contribution < 1.29 is 9.26 Å². The van der Waals surface area contributed by atoms with Gasteiger partial charge in [0, 0.05) is 7.11 Å². The standard InChI is InChI=1S/C9H11N3O2S/c1-5-7(15-4-10-5)9-11-8(12-14-9)6(2)13-3/h4,6H,1-3H3. The summed E-state index contributed by atoms with van der Waals surface area (Å²) < 4.78 is 10.2. The number of rotatable bonds is 3. The van der Waals surface area contributed by atoms with Crippen molar-refractivity contribution >= 4 is 11.3 Å². The van der Waals surface area contributed by atoms with Gasteiger partial charge in [-0.25, -0.2) is 4.98 Å². The van der Waals surface area contributed by atoms with E-state index in [1.807, 2.05) is 13.8 Å². The van der Waals surface area contributed by atoms with Gasteiger partial charge < -0.3 is 9.26 Å². The van der Waals surface area contributed by atoms with Crippen molar-refractivity contribution in [2.75, 3.05) is 7.11 Å². The molecule has 15 heavy (non-hydrogen) atoms. The summed E-state index contributed by atoms with van der Waals surface area (Å²) >= 11 is 1.49. The lowest BCUT2D eigenvalue weighted by Crippen LogP contribution is -1.97. The number of nitrogens with zero attached hydrogens (tertiary/aromatic N) is 3. The molecule has 0 radical (unpaired) electrons. The van der Waals surface area contributed by atoms with Gasteiger partial charge in [-0.05, 0) is 13.8 Å². The van der Waals surface area contributed by atoms with Gasteiger partial charge in [0.25, 0.3) is 5.89 Å². The second kappa shape index (κ2) is 4.08. The van der Waals surface area contributed by atoms with E-state index >= 15 is 0 Å². The molecule has 0 spiro atoms. The summed E-state index contributed by atoms with van der Waals surface area (Å²) in [5.74, 6) is 1.06. The molecule has 2 aromatic heterocycles. The monoisotopic (exact) mass is 225 g/mol. The highest BCUT2D eigenvalue weighted by Crippen LogP contribution is 2.26. The molecule has 0 amide bonds. The van der Waals surface area contributed by atoms with Gasteiger partial charge in [-0.15, -0.1) is 11.3 Å². The Morgan fingerprint density at radius 3 is 2.93 bits per heavy atom. The highest BCUT2D eigenvalue weighted by Gasteiger charge is 2.16. The van der Waals surface area contributed by atoms with Gasteiger partial charge in [0.05, 0.1) is 11.2 Å². The zero-order valence-corrected chi connectivity index (χ0v) is 9.54. The van der Waals surface area contributed by atoms with Gasteiger partial charge in [-0.1, -0.05) is 5.16 Å². The Labute approximate surface area is 91.1 Å². The zero-order chi connectivity index (χ0) is 10.8. The first-order chi connectivity index (χ1) is 7.22. The zero-order valence-electron chi connectivity index (χ0n) is 8.72. The van der Waals surface area contributed by atoms with Crippen molar-refractivity contribution in [3.63, 3.8) is 0 Å². The third-order valence-electron chi connectivity index (χ3n) is 2.10. The first-order valence-corrected chi connectivity index (χ1v) is 5.37. The second-order valence-electron chi connectivity index (χ2n) is 3.10. The van der Waals surface area contributed by atoms with Crippen molar-refractivity contribution in [1.29, 1.82) is 0 Å². The van der Waals surface area contributed by atoms with Crippen molar-refractivity contribution in [3.8, 4) is 10.8 Å². The molecule has 0 aliphatic rings. The van der Waals surface area contributed by atoms with E-state index in [-0.39, 0.29) is 6.10 Å². The van der Waals surface area contributed by atoms with Crippen LogP contribution in [0.3, 0.4) is 0 Å². The molecule has 1 atom stereocenters. The summed E-state index contributed by atoms with van der Waals surface area (Å²) in [4.78, 5) is 9.29. The van der Waals surface area contributed by atoms with Gasteiger partial charge in [0.15, 0.2) is 0 Å². The van der Waals surface area contributed by atoms with Crippen LogP contribution in [0, 0.1) is 6.92 Å². The molecule has 2 rings (SSSR count). The molecule has 80 valence electrons. The maximum atomic E-state index is 5.14. The number of aromatic nitrogens is 3. The first-order valence-electron chi connectivity index (χ1n) is 4.49. The van der Waals surface area contributed by atoms with Crippen molar-refractivity contribution in [2.24, 2.45) is 0 Å². The second-order valence-corrected chi connectivity index (χ2v) is 3.96. The van der Waals surface area contributed by atoms with Crippen molar-refractivity contribution in [3.05, 3.63) is 17.0 Å². The molecule has 0 saturated carbocycles. The minimum atomic E-state index is -0.157. The molecular weight excluding hydrogens is 214 g/mol. The van der Waals surface area contributed by atoms with Crippen LogP contribution >= 0.6 is 11.3 Å². The average molecular weight is 225 g/mol. The number of methoxy groups -OCH3 is 1. The third kappa shape index (κ3) is 1.91. The predicted octanol–water partition coefficient (Wildman–Crippen LogP) is 2.21. The summed E-state index contributed by atoms with van der Waals surface area (Å²) in [6.45, 7) is 3.78. The van der Waals surface area contributed by atoms with E-state index in [2.05, 4.69) is 15.1 Å². The lowest BCUT2D eigenvalue weighted by molar-refractivity contribution is 0.109. The summed E-state index contributed by atoms with van der Waals surface area (Å²) in [5, 5.41) is 3.85. The first kappa shape index (κ1) is 10.3. The molecule has 2 aromatic rings. The van der Waals surface area contributed by atoms with Crippen molar-refractivity contribution in [2.45, 2.75) is 20.0 Å². The van der Waals surface area contributed by atoms with Crippen molar-refractivity contribution in [1.82, 2.24) is 15.1 Å². The third-order valence-corrected chi connectivity index (χ3v) is 3.02. The molecule has 0 bridgehead atoms. The van der Waals surface area contributed by atoms with Gasteiger partial charge in [0.1, 0.15) is 11.0 Å². The smallest absolute Gasteiger partial charge is 0.270 e. The summed E-state index contributed by atoms with van der Waals surface area (Å²) in [5.41, 5.74) is 2.66. The minimum Gasteiger partial charge on any atom is -0.374 e. The van der Waals surface area contributed by atoms with E-state index in [1.54, 1.807) is 12.6 Å². The number of thiazole rings is 1. The van der Waals surface area contributed by atoms with Crippen LogP contribution in [0.4, 0.5) is 0 Å². The maximum absolute atomic E-state index is 5.14. The molecule has 0 saturated heterocycles. The van der Waals surface area contributed by atoms with Crippen LogP contribution in [-0.2, 0) is 4.74 Å². The fraction of sp³-hybridized carbons (Fsp3) is 0.444. The summed E-state index contributed by atoms with van der Waals surface area (Å²) in [6.07, 6.45) is -0.157. The highest BCUT2D eigenvalue weighted by molar-refractivity contribution is 7.13. The van der Waals surface area contributed by atoms with E-state index in [1.165, 1.54) is 11.3 Å². The molecule has 0 N–H and O–H groups in total. The molecular formula is C9H11N3O2S. The molecule has 1 unspecified atom stereocenters. The molecule has 0 aliphatic carbocycles. The van der Waals surface area contributed by atoms with E-state index in [9.17, 15) is 0 Å². The molecule has 0 fully saturated rings. The lowest BCUT2D eigenvalue weighted by atomic mass is 10.4. The summed E-state index contributed by atoms with van der Waals surface area (Å²) in [7, 11) is 1.61. The van der Waals surface area contributed by atoms with Gasteiger partial charge in [0.2, 0.25) is 5.82 Å². The number of hydrogen-bond donors (Lipinski definition) is 0. The Hall–Kier alpha value is -1.27. The number of hydrogen-bond acceptors (Lipinski definition) is 6. The Balaban J connectivity index is 2.32. The SMILES string of the molecule is COC(C)c1noc(-c2scnc2C)n1. The molecule has 6 heteroatoms. The van der Waals surface area contributed by atoms with E-state index < -0.39 is 0 Å². The lowest BCUT2D eigenvalue weighted by Gasteiger charge is -2.00. The van der Waals surface area contributed by atoms with E-state index in [0.717, 1.165) is 10.6 Å². The number of ether oxygens (including phenoxy) is 1. The number of aryl methyl sites for hydroxylation is 1. The predicted molar refractivity (Wildman–Crippen MR) is 55.6 cm³/mol. The largest absolute Gasteiger partial charge is 0.374 e. The topological polar surface area (TPSA) is 61.0 Å². The Kier molecular flexibility index (Phi) is 2.79. The van der Waals surface area contributed by atoms with Crippen LogP contribution in [0.25, 0.3) is 10.8 Å². The van der Waals surface area contributed by atoms with Crippen LogP contribution in [0.5, 0.6) is 0 Å². The maximum Gasteiger partial charge on any atom is 0.270 e. The summed E-state index contributed by atoms with van der Waals surface area (Å²) in [6, 6.07) is 0. The quantitative estimate of drug-likeness (QED) is 0.801. The van der Waals surface area contributed by atoms with Crippen LogP contribution < -0.4 is 0 Å². The average Bonchev–Trinajstić information content (AvgIpc) is 2.84. The van der Waals surface area contributed by atoms with Crippen LogP contribution in [0.1, 0.15) is 24.5 Å². The Morgan fingerprint density at radius 1 is 1.53 bits per heavy atom. The van der Waals surface area contributed by atoms with E-state index in [4.69, 9.17) is 9.26 Å². The van der Waals surface area contributed by atoms with E-state index in [0.29, 0.717) is 11.7 Å². The van der Waals surface area contributed by atoms with Crippen LogP contribution in [0.15, 0.2) is 10.0 Å². The van der Waals surface area contributed by atoms with Gasteiger partial charge >= 0.3 is 0 Å². The van der Waals surface area contributed by atoms with Gasteiger partial charge in [-0.2, -0.15) is 4.98 Å². The van der Waals surface area contributed by atoms with Crippen LogP contribution in [0.2, 0.25) is 0 Å². The highest BCUT2D eigenvalue weighted by atomic mass is 32.1. The normalized spacial score (nSPS) is 13.0.